The summed E-state index contributed by atoms with van der Waals surface area (Å²) in [6.45, 7) is 2.00. The predicted octanol–water partition coefficient (Wildman–Crippen LogP) is 0.0372. The Hall–Kier alpha value is -0.870. The van der Waals surface area contributed by atoms with Crippen LogP contribution in [0.15, 0.2) is 6.20 Å². The van der Waals surface area contributed by atoms with Crippen LogP contribution in [0, 0.1) is 6.92 Å². The van der Waals surface area contributed by atoms with Crippen LogP contribution >= 0.6 is 0 Å². The molecule has 4 nitrogen and oxygen atoms in total. The molecule has 0 radical (unpaired) electrons. The van der Waals surface area contributed by atoms with Gasteiger partial charge < -0.3 is 10.8 Å². The molecule has 1 saturated carbocycles. The number of hydrogen-bond donors (Lipinski definition) is 2. The fourth-order valence-corrected chi connectivity index (χ4v) is 2.07. The average molecular weight is 181 g/mol. The lowest BCUT2D eigenvalue weighted by atomic mass is 9.72. The van der Waals surface area contributed by atoms with E-state index in [1.54, 1.807) is 4.68 Å². The summed E-state index contributed by atoms with van der Waals surface area (Å²) in [6, 6.07) is 0. The van der Waals surface area contributed by atoms with Crippen LogP contribution in [0.3, 0.4) is 0 Å². The molecule has 1 aliphatic carbocycles. The Morgan fingerprint density at radius 1 is 1.69 bits per heavy atom. The molecule has 0 aromatic carbocycles. The van der Waals surface area contributed by atoms with E-state index in [1.165, 1.54) is 0 Å². The number of aliphatic hydroxyl groups excluding tert-OH is 1. The monoisotopic (exact) mass is 181 g/mol. The molecule has 1 aliphatic rings. The van der Waals surface area contributed by atoms with Gasteiger partial charge in [-0.3, -0.25) is 4.68 Å². The van der Waals surface area contributed by atoms with Crippen LogP contribution in [-0.4, -0.2) is 21.0 Å². The zero-order valence-corrected chi connectivity index (χ0v) is 7.99. The Morgan fingerprint density at radius 2 is 2.31 bits per heavy atom. The molecule has 13 heavy (non-hydrogen) atoms. The van der Waals surface area contributed by atoms with Gasteiger partial charge in [-0.2, -0.15) is 5.10 Å². The summed E-state index contributed by atoms with van der Waals surface area (Å²) in [4.78, 5) is 0. The third-order valence-electron chi connectivity index (χ3n) is 2.68. The minimum atomic E-state index is -0.384. The molecular formula is C9H15N3O. The lowest BCUT2D eigenvalue weighted by Crippen LogP contribution is -2.52. The van der Waals surface area contributed by atoms with Gasteiger partial charge in [-0.1, -0.05) is 0 Å². The Morgan fingerprint density at radius 3 is 2.69 bits per heavy atom. The van der Waals surface area contributed by atoms with Gasteiger partial charge in [0.05, 0.1) is 17.3 Å². The molecule has 0 amide bonds. The van der Waals surface area contributed by atoms with Crippen LogP contribution in [0.5, 0.6) is 0 Å². The number of aliphatic hydroxyl groups is 1. The molecule has 72 valence electrons. The first-order valence-corrected chi connectivity index (χ1v) is 4.49. The van der Waals surface area contributed by atoms with Crippen molar-refractivity contribution >= 4 is 0 Å². The van der Waals surface area contributed by atoms with Gasteiger partial charge in [0.25, 0.3) is 0 Å². The number of aryl methyl sites for hydroxylation is 2. The third-order valence-corrected chi connectivity index (χ3v) is 2.68. The average Bonchev–Trinajstić information content (AvgIpc) is 2.27. The van der Waals surface area contributed by atoms with Crippen LogP contribution in [0.1, 0.15) is 24.1 Å². The maximum Gasteiger partial charge on any atom is 0.0854 e. The van der Waals surface area contributed by atoms with Gasteiger partial charge in [-0.25, -0.2) is 0 Å². The predicted molar refractivity (Wildman–Crippen MR) is 49.1 cm³/mol. The Kier molecular flexibility index (Phi) is 1.72. The molecule has 0 saturated heterocycles. The van der Waals surface area contributed by atoms with Crippen molar-refractivity contribution in [3.63, 3.8) is 0 Å². The second kappa shape index (κ2) is 2.56. The van der Waals surface area contributed by atoms with E-state index in [1.807, 2.05) is 20.2 Å². The summed E-state index contributed by atoms with van der Waals surface area (Å²) >= 11 is 0. The van der Waals surface area contributed by atoms with Gasteiger partial charge in [0.2, 0.25) is 0 Å². The van der Waals surface area contributed by atoms with Gasteiger partial charge >= 0.3 is 0 Å². The molecule has 2 rings (SSSR count). The van der Waals surface area contributed by atoms with Gasteiger partial charge in [0.1, 0.15) is 0 Å². The molecular weight excluding hydrogens is 166 g/mol. The summed E-state index contributed by atoms with van der Waals surface area (Å²) in [7, 11) is 1.88. The minimum absolute atomic E-state index is 0.244. The molecule has 1 heterocycles. The van der Waals surface area contributed by atoms with Crippen LogP contribution in [-0.2, 0) is 12.6 Å². The molecule has 4 heteroatoms. The SMILES string of the molecule is Cc1cn(C)nc1C1(N)CC(O)C1. The molecule has 0 atom stereocenters. The Balaban J connectivity index is 2.30. The van der Waals surface area contributed by atoms with Crippen LogP contribution < -0.4 is 5.73 Å². The van der Waals surface area contributed by atoms with Crippen LogP contribution in [0.4, 0.5) is 0 Å². The molecule has 1 fully saturated rings. The van der Waals surface area contributed by atoms with Gasteiger partial charge in [0, 0.05) is 13.2 Å². The Bertz CT molecular complexity index is 326. The maximum atomic E-state index is 9.23. The normalized spacial score (nSPS) is 33.1. The highest BCUT2D eigenvalue weighted by Crippen LogP contribution is 2.39. The van der Waals surface area contributed by atoms with E-state index < -0.39 is 0 Å². The van der Waals surface area contributed by atoms with E-state index in [0.717, 1.165) is 11.3 Å². The first-order chi connectivity index (χ1) is 6.01. The first-order valence-electron chi connectivity index (χ1n) is 4.49. The first kappa shape index (κ1) is 8.72. The highest BCUT2D eigenvalue weighted by molar-refractivity contribution is 5.27. The summed E-state index contributed by atoms with van der Waals surface area (Å²) in [5.41, 5.74) is 7.75. The third kappa shape index (κ3) is 1.26. The number of rotatable bonds is 1. The van der Waals surface area contributed by atoms with Crippen molar-refractivity contribution in [1.29, 1.82) is 0 Å². The standard InChI is InChI=1S/C9H15N3O/c1-6-5-12(2)11-8(6)9(10)3-7(13)4-9/h5,7,13H,3-4,10H2,1-2H3. The topological polar surface area (TPSA) is 64.1 Å². The van der Waals surface area contributed by atoms with Crippen molar-refractivity contribution < 1.29 is 5.11 Å². The highest BCUT2D eigenvalue weighted by atomic mass is 16.3. The fraction of sp³-hybridized carbons (Fsp3) is 0.667. The lowest BCUT2D eigenvalue weighted by molar-refractivity contribution is 0.0183. The maximum absolute atomic E-state index is 9.23. The molecule has 0 bridgehead atoms. The van der Waals surface area contributed by atoms with E-state index in [0.29, 0.717) is 12.8 Å². The van der Waals surface area contributed by atoms with Crippen molar-refractivity contribution in [2.75, 3.05) is 0 Å². The van der Waals surface area contributed by atoms with Crippen LogP contribution in [0.2, 0.25) is 0 Å². The largest absolute Gasteiger partial charge is 0.393 e. The van der Waals surface area contributed by atoms with Gasteiger partial charge in [0.15, 0.2) is 0 Å². The highest BCUT2D eigenvalue weighted by Gasteiger charge is 2.44. The van der Waals surface area contributed by atoms with Crippen LogP contribution in [0.25, 0.3) is 0 Å². The summed E-state index contributed by atoms with van der Waals surface area (Å²) in [5, 5.41) is 13.5. The van der Waals surface area contributed by atoms with Crippen molar-refractivity contribution in [2.24, 2.45) is 12.8 Å². The van der Waals surface area contributed by atoms with E-state index in [2.05, 4.69) is 5.10 Å². The summed E-state index contributed by atoms with van der Waals surface area (Å²) < 4.78 is 1.77. The lowest BCUT2D eigenvalue weighted by Gasteiger charge is -2.41. The van der Waals surface area contributed by atoms with Crippen molar-refractivity contribution in [3.8, 4) is 0 Å². The quantitative estimate of drug-likeness (QED) is 0.643. The number of nitrogens with two attached hydrogens (primary N) is 1. The molecule has 0 unspecified atom stereocenters. The molecule has 1 aromatic heterocycles. The molecule has 1 aromatic rings. The van der Waals surface area contributed by atoms with Gasteiger partial charge in [-0.15, -0.1) is 0 Å². The van der Waals surface area contributed by atoms with Crippen molar-refractivity contribution in [3.05, 3.63) is 17.5 Å². The van der Waals surface area contributed by atoms with Crippen molar-refractivity contribution in [1.82, 2.24) is 9.78 Å². The second-order valence-electron chi connectivity index (χ2n) is 4.05. The molecule has 3 N–H and O–H groups in total. The molecule has 0 spiro atoms. The fourth-order valence-electron chi connectivity index (χ4n) is 2.07. The minimum Gasteiger partial charge on any atom is -0.393 e. The van der Waals surface area contributed by atoms with Crippen molar-refractivity contribution in [2.45, 2.75) is 31.4 Å². The zero-order chi connectivity index (χ0) is 9.64. The molecule has 0 aliphatic heterocycles. The van der Waals surface area contributed by atoms with E-state index >= 15 is 0 Å². The van der Waals surface area contributed by atoms with E-state index in [4.69, 9.17) is 5.73 Å². The number of hydrogen-bond acceptors (Lipinski definition) is 3. The van der Waals surface area contributed by atoms with E-state index in [-0.39, 0.29) is 11.6 Å². The number of nitrogens with zero attached hydrogens (tertiary/aromatic N) is 2. The zero-order valence-electron chi connectivity index (χ0n) is 7.99. The van der Waals surface area contributed by atoms with Gasteiger partial charge in [-0.05, 0) is 25.3 Å². The smallest absolute Gasteiger partial charge is 0.0854 e. The van der Waals surface area contributed by atoms with E-state index in [9.17, 15) is 5.11 Å². The summed E-state index contributed by atoms with van der Waals surface area (Å²) in [6.07, 6.45) is 2.97. The number of aromatic nitrogens is 2. The Labute approximate surface area is 77.4 Å². The second-order valence-corrected chi connectivity index (χ2v) is 4.05. The summed E-state index contributed by atoms with van der Waals surface area (Å²) in [5.74, 6) is 0.